The number of amides is 2. The van der Waals surface area contributed by atoms with Gasteiger partial charge in [0, 0.05) is 16.2 Å². The summed E-state index contributed by atoms with van der Waals surface area (Å²) in [6, 6.07) is 11.5. The van der Waals surface area contributed by atoms with Crippen molar-refractivity contribution in [2.45, 2.75) is 6.04 Å². The Kier molecular flexibility index (Phi) is 5.12. The fourth-order valence-corrected chi connectivity index (χ4v) is 2.74. The highest BCUT2D eigenvalue weighted by molar-refractivity contribution is 14.1. The predicted molar refractivity (Wildman–Crippen MR) is 89.6 cm³/mol. The van der Waals surface area contributed by atoms with E-state index in [0.29, 0.717) is 11.1 Å². The molecule has 2 amide bonds. The first kappa shape index (κ1) is 16.4. The zero-order valence-corrected chi connectivity index (χ0v) is 14.0. The van der Waals surface area contributed by atoms with Gasteiger partial charge in [0.05, 0.1) is 0 Å². The number of hydrogen-bond donors (Lipinski definition) is 1. The topological polar surface area (TPSA) is 63.4 Å². The number of halogens is 2. The Morgan fingerprint density at radius 1 is 1.18 bits per heavy atom. The standard InChI is InChI=1S/C16H14FIN2O2/c1-20(16(22)11-5-3-7-13(18)9-11)14(15(19)21)10-4-2-6-12(17)8-10/h2-9,14H,1H3,(H2,19,21). The van der Waals surface area contributed by atoms with Crippen molar-refractivity contribution in [1.29, 1.82) is 0 Å². The van der Waals surface area contributed by atoms with E-state index in [1.54, 1.807) is 24.3 Å². The summed E-state index contributed by atoms with van der Waals surface area (Å²) >= 11 is 2.10. The Labute approximate surface area is 141 Å². The molecule has 0 aliphatic rings. The third kappa shape index (κ3) is 3.62. The molecule has 0 heterocycles. The van der Waals surface area contributed by atoms with Gasteiger partial charge in [-0.15, -0.1) is 0 Å². The molecule has 2 rings (SSSR count). The van der Waals surface area contributed by atoms with Crippen LogP contribution in [0.25, 0.3) is 0 Å². The van der Waals surface area contributed by atoms with Crippen LogP contribution in [0.2, 0.25) is 0 Å². The number of nitrogens with two attached hydrogens (primary N) is 1. The highest BCUT2D eigenvalue weighted by atomic mass is 127. The van der Waals surface area contributed by atoms with Crippen LogP contribution in [0, 0.1) is 9.39 Å². The normalized spacial score (nSPS) is 11.8. The van der Waals surface area contributed by atoms with Crippen LogP contribution in [0.3, 0.4) is 0 Å². The molecule has 22 heavy (non-hydrogen) atoms. The van der Waals surface area contributed by atoms with Crippen LogP contribution in [0.4, 0.5) is 4.39 Å². The number of benzene rings is 2. The molecule has 2 N–H and O–H groups in total. The maximum absolute atomic E-state index is 13.4. The summed E-state index contributed by atoms with van der Waals surface area (Å²) in [7, 11) is 1.47. The van der Waals surface area contributed by atoms with Gasteiger partial charge in [-0.3, -0.25) is 9.59 Å². The van der Waals surface area contributed by atoms with Gasteiger partial charge in [-0.05, 0) is 58.5 Å². The summed E-state index contributed by atoms with van der Waals surface area (Å²) in [5.41, 5.74) is 6.19. The van der Waals surface area contributed by atoms with Crippen LogP contribution in [0.15, 0.2) is 48.5 Å². The minimum Gasteiger partial charge on any atom is -0.368 e. The van der Waals surface area contributed by atoms with Crippen molar-refractivity contribution in [3.63, 3.8) is 0 Å². The average molecular weight is 412 g/mol. The Balaban J connectivity index is 2.36. The van der Waals surface area contributed by atoms with Crippen LogP contribution < -0.4 is 5.73 Å². The second kappa shape index (κ2) is 6.87. The van der Waals surface area contributed by atoms with Gasteiger partial charge in [0.25, 0.3) is 5.91 Å². The Morgan fingerprint density at radius 2 is 1.86 bits per heavy atom. The van der Waals surface area contributed by atoms with E-state index in [1.165, 1.54) is 30.1 Å². The molecule has 0 bridgehead atoms. The molecule has 0 radical (unpaired) electrons. The maximum Gasteiger partial charge on any atom is 0.254 e. The molecule has 0 aliphatic carbocycles. The van der Waals surface area contributed by atoms with Crippen LogP contribution in [-0.4, -0.2) is 23.8 Å². The number of likely N-dealkylation sites (N-methyl/N-ethyl adjacent to an activating group) is 1. The minimum atomic E-state index is -1.03. The van der Waals surface area contributed by atoms with Crippen molar-refractivity contribution in [3.8, 4) is 0 Å². The van der Waals surface area contributed by atoms with Crippen molar-refractivity contribution in [2.24, 2.45) is 5.73 Å². The second-order valence-electron chi connectivity index (χ2n) is 4.79. The lowest BCUT2D eigenvalue weighted by Gasteiger charge is -2.26. The lowest BCUT2D eigenvalue weighted by atomic mass is 10.0. The Morgan fingerprint density at radius 3 is 2.45 bits per heavy atom. The number of hydrogen-bond acceptors (Lipinski definition) is 2. The van der Waals surface area contributed by atoms with E-state index < -0.39 is 17.8 Å². The number of rotatable bonds is 4. The molecule has 0 saturated carbocycles. The van der Waals surface area contributed by atoms with Crippen molar-refractivity contribution in [3.05, 3.63) is 69.0 Å². The first-order valence-corrected chi connectivity index (χ1v) is 7.55. The van der Waals surface area contributed by atoms with Gasteiger partial charge >= 0.3 is 0 Å². The molecule has 2 aromatic rings. The number of primary amides is 1. The van der Waals surface area contributed by atoms with E-state index in [2.05, 4.69) is 22.6 Å². The number of nitrogens with zero attached hydrogens (tertiary/aromatic N) is 1. The minimum absolute atomic E-state index is 0.342. The van der Waals surface area contributed by atoms with Gasteiger partial charge in [0.15, 0.2) is 0 Å². The number of carbonyl (C=O) groups is 2. The molecule has 4 nitrogen and oxygen atoms in total. The quantitative estimate of drug-likeness (QED) is 0.786. The Hall–Kier alpha value is -1.96. The van der Waals surface area contributed by atoms with Gasteiger partial charge in [-0.2, -0.15) is 0 Å². The van der Waals surface area contributed by atoms with E-state index in [0.717, 1.165) is 3.57 Å². The van der Waals surface area contributed by atoms with Gasteiger partial charge in [0.1, 0.15) is 11.9 Å². The largest absolute Gasteiger partial charge is 0.368 e. The summed E-state index contributed by atoms with van der Waals surface area (Å²) in [6.45, 7) is 0. The molecule has 1 unspecified atom stereocenters. The molecular weight excluding hydrogens is 398 g/mol. The summed E-state index contributed by atoms with van der Waals surface area (Å²) in [6.07, 6.45) is 0. The monoisotopic (exact) mass is 412 g/mol. The molecule has 0 fully saturated rings. The van der Waals surface area contributed by atoms with Crippen molar-refractivity contribution in [2.75, 3.05) is 7.05 Å². The summed E-state index contributed by atoms with van der Waals surface area (Å²) in [5, 5.41) is 0. The van der Waals surface area contributed by atoms with Crippen molar-refractivity contribution >= 4 is 34.4 Å². The van der Waals surface area contributed by atoms with Gasteiger partial charge in [-0.25, -0.2) is 4.39 Å². The molecule has 0 saturated heterocycles. The zero-order chi connectivity index (χ0) is 16.3. The second-order valence-corrected chi connectivity index (χ2v) is 6.03. The first-order valence-electron chi connectivity index (χ1n) is 6.47. The molecule has 6 heteroatoms. The Bertz CT molecular complexity index is 721. The molecule has 0 aromatic heterocycles. The van der Waals surface area contributed by atoms with Gasteiger partial charge in [-0.1, -0.05) is 18.2 Å². The molecule has 0 spiro atoms. The molecule has 0 aliphatic heterocycles. The molecule has 1 atom stereocenters. The highest BCUT2D eigenvalue weighted by Crippen LogP contribution is 2.22. The van der Waals surface area contributed by atoms with Crippen molar-refractivity contribution in [1.82, 2.24) is 4.90 Å². The summed E-state index contributed by atoms with van der Waals surface area (Å²) in [4.78, 5) is 25.5. The fourth-order valence-electron chi connectivity index (χ4n) is 2.20. The lowest BCUT2D eigenvalue weighted by Crippen LogP contribution is -2.39. The molecule has 2 aromatic carbocycles. The third-order valence-electron chi connectivity index (χ3n) is 3.21. The van der Waals surface area contributed by atoms with Crippen molar-refractivity contribution < 1.29 is 14.0 Å². The number of carbonyl (C=O) groups excluding carboxylic acids is 2. The van der Waals surface area contributed by atoms with E-state index >= 15 is 0 Å². The summed E-state index contributed by atoms with van der Waals surface area (Å²) in [5.74, 6) is -1.56. The molecular formula is C16H14FIN2O2. The fraction of sp³-hybridized carbons (Fsp3) is 0.125. The first-order chi connectivity index (χ1) is 10.4. The average Bonchev–Trinajstić information content (AvgIpc) is 2.46. The van der Waals surface area contributed by atoms with Gasteiger partial charge in [0.2, 0.25) is 5.91 Å². The third-order valence-corrected chi connectivity index (χ3v) is 3.88. The van der Waals surface area contributed by atoms with Crippen LogP contribution in [-0.2, 0) is 4.79 Å². The van der Waals surface area contributed by atoms with Gasteiger partial charge < -0.3 is 10.6 Å². The van der Waals surface area contributed by atoms with Crippen LogP contribution in [0.1, 0.15) is 22.0 Å². The smallest absolute Gasteiger partial charge is 0.254 e. The molecule has 114 valence electrons. The maximum atomic E-state index is 13.4. The van der Waals surface area contributed by atoms with E-state index in [9.17, 15) is 14.0 Å². The predicted octanol–water partition coefficient (Wildman–Crippen LogP) is 2.73. The highest BCUT2D eigenvalue weighted by Gasteiger charge is 2.27. The lowest BCUT2D eigenvalue weighted by molar-refractivity contribution is -0.122. The van der Waals surface area contributed by atoms with E-state index in [4.69, 9.17) is 5.73 Å². The summed E-state index contributed by atoms with van der Waals surface area (Å²) < 4.78 is 14.3. The zero-order valence-electron chi connectivity index (χ0n) is 11.8. The SMILES string of the molecule is CN(C(=O)c1cccc(I)c1)C(C(N)=O)c1cccc(F)c1. The van der Waals surface area contributed by atoms with E-state index in [1.807, 2.05) is 6.07 Å². The van der Waals surface area contributed by atoms with Crippen LogP contribution in [0.5, 0.6) is 0 Å². The van der Waals surface area contributed by atoms with E-state index in [-0.39, 0.29) is 5.91 Å². The van der Waals surface area contributed by atoms with Crippen LogP contribution >= 0.6 is 22.6 Å².